The van der Waals surface area contributed by atoms with Gasteiger partial charge in [-0.3, -0.25) is 0 Å². The largest absolute Gasteiger partial charge is 0.316 e. The summed E-state index contributed by atoms with van der Waals surface area (Å²) in [4.78, 5) is 1.11. The Balaban J connectivity index is 2.10. The van der Waals surface area contributed by atoms with Crippen LogP contribution in [0.15, 0.2) is 35.2 Å². The van der Waals surface area contributed by atoms with Crippen molar-refractivity contribution in [1.82, 2.24) is 0 Å². The number of benzene rings is 1. The highest BCUT2D eigenvalue weighted by atomic mass is 32.9. The van der Waals surface area contributed by atoms with E-state index < -0.39 is 5.69 Å². The second-order valence-electron chi connectivity index (χ2n) is 3.47. The fourth-order valence-electron chi connectivity index (χ4n) is 1.26. The Morgan fingerprint density at radius 3 is 2.20 bits per heavy atom. The Hall–Kier alpha value is 0.140. The molecule has 1 fully saturated rings. The van der Waals surface area contributed by atoms with Crippen LogP contribution in [0.3, 0.4) is 0 Å². The van der Waals surface area contributed by atoms with Crippen molar-refractivity contribution in [2.75, 3.05) is 0 Å². The van der Waals surface area contributed by atoms with Crippen LogP contribution in [0, 0.1) is 0 Å². The molecular weight excluding hydrogens is 247 g/mol. The highest BCUT2D eigenvalue weighted by molar-refractivity contribution is 8.68. The van der Waals surface area contributed by atoms with Gasteiger partial charge < -0.3 is 9.05 Å². The van der Waals surface area contributed by atoms with Crippen molar-refractivity contribution in [3.8, 4) is 0 Å². The molecule has 2 rings (SSSR count). The maximum absolute atomic E-state index is 5.73. The molecule has 1 saturated heterocycles. The van der Waals surface area contributed by atoms with E-state index in [0.29, 0.717) is 0 Å². The van der Waals surface area contributed by atoms with Crippen molar-refractivity contribution in [2.24, 2.45) is 0 Å². The minimum atomic E-state index is -2.15. The molecule has 2 nitrogen and oxygen atoms in total. The average Bonchev–Trinajstić information content (AvgIpc) is 2.42. The molecular formula is C10H13O2PS2. The summed E-state index contributed by atoms with van der Waals surface area (Å²) in [6, 6.07) is 10.0. The summed E-state index contributed by atoms with van der Waals surface area (Å²) >= 11 is 6.98. The van der Waals surface area contributed by atoms with Gasteiger partial charge in [0.05, 0.1) is 12.2 Å². The summed E-state index contributed by atoms with van der Waals surface area (Å²) in [7, 11) is 0. The quantitative estimate of drug-likeness (QED) is 0.752. The average molecular weight is 260 g/mol. The molecule has 5 heteroatoms. The Labute approximate surface area is 99.3 Å². The van der Waals surface area contributed by atoms with Gasteiger partial charge in [0.15, 0.2) is 0 Å². The Kier molecular flexibility index (Phi) is 3.53. The topological polar surface area (TPSA) is 18.5 Å². The highest BCUT2D eigenvalue weighted by Gasteiger charge is 2.36. The minimum absolute atomic E-state index is 0.104. The van der Waals surface area contributed by atoms with Crippen LogP contribution in [0.1, 0.15) is 13.8 Å². The van der Waals surface area contributed by atoms with Crippen LogP contribution in [0.2, 0.25) is 0 Å². The summed E-state index contributed by atoms with van der Waals surface area (Å²) in [5.74, 6) is 0. The van der Waals surface area contributed by atoms with E-state index in [2.05, 4.69) is 0 Å². The number of hydrogen-bond acceptors (Lipinski definition) is 4. The summed E-state index contributed by atoms with van der Waals surface area (Å²) in [6.07, 6.45) is 0.207. The first-order valence-corrected chi connectivity index (χ1v) is 8.86. The Morgan fingerprint density at radius 2 is 1.67 bits per heavy atom. The molecule has 0 amide bonds. The molecule has 0 aliphatic carbocycles. The van der Waals surface area contributed by atoms with Crippen LogP contribution >= 0.6 is 17.1 Å². The third kappa shape index (κ3) is 2.83. The molecule has 0 spiro atoms. The lowest BCUT2D eigenvalue weighted by molar-refractivity contribution is 0.187. The van der Waals surface area contributed by atoms with Gasteiger partial charge in [0.2, 0.25) is 0 Å². The molecule has 0 bridgehead atoms. The summed E-state index contributed by atoms with van der Waals surface area (Å²) in [5, 5.41) is 0. The van der Waals surface area contributed by atoms with Crippen molar-refractivity contribution in [1.29, 1.82) is 0 Å². The SMILES string of the molecule is C[C@@H]1OP(=S)(Sc2ccccc2)O[C@@H]1C. The minimum Gasteiger partial charge on any atom is -0.316 e. The molecule has 0 N–H and O–H groups in total. The molecule has 0 saturated carbocycles. The van der Waals surface area contributed by atoms with Crippen LogP contribution in [0.4, 0.5) is 0 Å². The monoisotopic (exact) mass is 260 g/mol. The standard InChI is InChI=1S/C10H13O2PS2/c1-8-9(2)12-13(14,11-8)15-10-6-4-3-5-7-10/h3-9H,1-2H3/t8-,9+,13?. The number of hydrogen-bond donors (Lipinski definition) is 0. The number of rotatable bonds is 2. The van der Waals surface area contributed by atoms with E-state index >= 15 is 0 Å². The van der Waals surface area contributed by atoms with Gasteiger partial charge in [0.25, 0.3) is 5.69 Å². The van der Waals surface area contributed by atoms with Gasteiger partial charge in [-0.05, 0) is 49.2 Å². The zero-order valence-corrected chi connectivity index (χ0v) is 11.1. The molecule has 1 unspecified atom stereocenters. The summed E-state index contributed by atoms with van der Waals surface area (Å²) in [6.45, 7) is 4.01. The van der Waals surface area contributed by atoms with Crippen LogP contribution in [0.25, 0.3) is 0 Å². The molecule has 15 heavy (non-hydrogen) atoms. The van der Waals surface area contributed by atoms with Gasteiger partial charge in [0.1, 0.15) is 0 Å². The van der Waals surface area contributed by atoms with Gasteiger partial charge in [0, 0.05) is 4.90 Å². The molecule has 1 aliphatic rings. The Bertz CT molecular complexity index is 368. The highest BCUT2D eigenvalue weighted by Crippen LogP contribution is 2.68. The van der Waals surface area contributed by atoms with Crippen molar-refractivity contribution in [2.45, 2.75) is 31.0 Å². The van der Waals surface area contributed by atoms with Gasteiger partial charge in [-0.1, -0.05) is 18.2 Å². The van der Waals surface area contributed by atoms with Crippen molar-refractivity contribution in [3.63, 3.8) is 0 Å². The molecule has 0 radical (unpaired) electrons. The fourth-order valence-corrected chi connectivity index (χ4v) is 6.89. The summed E-state index contributed by atoms with van der Waals surface area (Å²) < 4.78 is 11.5. The van der Waals surface area contributed by atoms with Gasteiger partial charge in [-0.2, -0.15) is 0 Å². The summed E-state index contributed by atoms with van der Waals surface area (Å²) in [5.41, 5.74) is -2.15. The molecule has 0 aromatic heterocycles. The van der Waals surface area contributed by atoms with E-state index in [1.165, 1.54) is 0 Å². The lowest BCUT2D eigenvalue weighted by Crippen LogP contribution is -2.13. The van der Waals surface area contributed by atoms with E-state index in [1.54, 1.807) is 11.4 Å². The van der Waals surface area contributed by atoms with Gasteiger partial charge in [-0.15, -0.1) is 0 Å². The molecule has 1 aromatic rings. The lowest BCUT2D eigenvalue weighted by Gasteiger charge is -2.12. The predicted octanol–water partition coefficient (Wildman–Crippen LogP) is 3.83. The van der Waals surface area contributed by atoms with Gasteiger partial charge in [-0.25, -0.2) is 0 Å². The molecule has 1 heterocycles. The fraction of sp³-hybridized carbons (Fsp3) is 0.400. The molecule has 1 aliphatic heterocycles. The van der Waals surface area contributed by atoms with Crippen LogP contribution < -0.4 is 0 Å². The van der Waals surface area contributed by atoms with E-state index in [-0.39, 0.29) is 12.2 Å². The van der Waals surface area contributed by atoms with E-state index in [0.717, 1.165) is 4.90 Å². The second-order valence-corrected chi connectivity index (χ2v) is 9.57. The smallest absolute Gasteiger partial charge is 0.252 e. The van der Waals surface area contributed by atoms with E-state index in [1.807, 2.05) is 44.2 Å². The van der Waals surface area contributed by atoms with E-state index in [4.69, 9.17) is 20.9 Å². The normalized spacial score (nSPS) is 35.6. The van der Waals surface area contributed by atoms with Crippen LogP contribution in [-0.2, 0) is 20.9 Å². The maximum atomic E-state index is 5.73. The zero-order chi connectivity index (χ0) is 10.9. The third-order valence-electron chi connectivity index (χ3n) is 2.21. The molecule has 1 aromatic carbocycles. The molecule has 82 valence electrons. The zero-order valence-electron chi connectivity index (χ0n) is 8.62. The van der Waals surface area contributed by atoms with Crippen molar-refractivity contribution < 1.29 is 9.05 Å². The first-order valence-electron chi connectivity index (χ1n) is 4.80. The van der Waals surface area contributed by atoms with Crippen molar-refractivity contribution >= 4 is 28.9 Å². The van der Waals surface area contributed by atoms with Crippen LogP contribution in [-0.4, -0.2) is 12.2 Å². The van der Waals surface area contributed by atoms with Gasteiger partial charge >= 0.3 is 0 Å². The molecule has 3 atom stereocenters. The second kappa shape index (κ2) is 4.56. The third-order valence-corrected chi connectivity index (χ3v) is 7.11. The predicted molar refractivity (Wildman–Crippen MR) is 67.7 cm³/mol. The first kappa shape index (κ1) is 11.6. The Morgan fingerprint density at radius 1 is 1.13 bits per heavy atom. The first-order chi connectivity index (χ1) is 7.09. The van der Waals surface area contributed by atoms with Crippen molar-refractivity contribution in [3.05, 3.63) is 30.3 Å². The van der Waals surface area contributed by atoms with Crippen LogP contribution in [0.5, 0.6) is 0 Å². The maximum Gasteiger partial charge on any atom is 0.252 e. The van der Waals surface area contributed by atoms with E-state index in [9.17, 15) is 0 Å². The lowest BCUT2D eigenvalue weighted by atomic mass is 10.3.